The highest BCUT2D eigenvalue weighted by molar-refractivity contribution is 6.29. The van der Waals surface area contributed by atoms with Crippen LogP contribution < -0.4 is 0 Å². The lowest BCUT2D eigenvalue weighted by Crippen LogP contribution is -2.38. The smallest absolute Gasteiger partial charge is 0.289 e. The summed E-state index contributed by atoms with van der Waals surface area (Å²) >= 11 is 5.69. The standard InChI is InChI=1S/C13H20ClNO2/c1-4-6-9-15(10(3)5-2)13(16)11-7-8-12(14)17-11/h7-8,10H,4-6,9H2,1-3H3. The first-order chi connectivity index (χ1) is 8.10. The number of nitrogens with zero attached hydrogens (tertiary/aromatic N) is 1. The molecule has 0 spiro atoms. The molecule has 1 aromatic heterocycles. The molecule has 1 atom stereocenters. The van der Waals surface area contributed by atoms with Gasteiger partial charge >= 0.3 is 0 Å². The van der Waals surface area contributed by atoms with Crippen LogP contribution in [0.4, 0.5) is 0 Å². The third kappa shape index (κ3) is 3.77. The highest BCUT2D eigenvalue weighted by atomic mass is 35.5. The van der Waals surface area contributed by atoms with Crippen molar-refractivity contribution in [3.63, 3.8) is 0 Å². The van der Waals surface area contributed by atoms with Gasteiger partial charge in [0.25, 0.3) is 5.91 Å². The van der Waals surface area contributed by atoms with Gasteiger partial charge in [-0.15, -0.1) is 0 Å². The number of hydrogen-bond acceptors (Lipinski definition) is 2. The Balaban J connectivity index is 2.78. The Hall–Kier alpha value is -0.960. The summed E-state index contributed by atoms with van der Waals surface area (Å²) in [5, 5.41) is 0.257. The lowest BCUT2D eigenvalue weighted by molar-refractivity contribution is 0.0653. The van der Waals surface area contributed by atoms with Crippen molar-refractivity contribution in [2.75, 3.05) is 6.54 Å². The molecule has 1 rings (SSSR count). The average Bonchev–Trinajstić information content (AvgIpc) is 2.75. The fraction of sp³-hybridized carbons (Fsp3) is 0.615. The minimum absolute atomic E-state index is 0.0697. The van der Waals surface area contributed by atoms with Crippen LogP contribution in [-0.4, -0.2) is 23.4 Å². The van der Waals surface area contributed by atoms with E-state index in [0.717, 1.165) is 25.8 Å². The second kappa shape index (κ2) is 6.70. The van der Waals surface area contributed by atoms with Crippen LogP contribution >= 0.6 is 11.6 Å². The topological polar surface area (TPSA) is 33.5 Å². The SMILES string of the molecule is CCCCN(C(=O)c1ccc(Cl)o1)C(C)CC. The lowest BCUT2D eigenvalue weighted by Gasteiger charge is -2.27. The molecule has 0 aliphatic carbocycles. The van der Waals surface area contributed by atoms with Gasteiger partial charge in [0, 0.05) is 12.6 Å². The van der Waals surface area contributed by atoms with Gasteiger partial charge in [-0.3, -0.25) is 4.79 Å². The van der Waals surface area contributed by atoms with Crippen molar-refractivity contribution in [1.29, 1.82) is 0 Å². The first-order valence-electron chi connectivity index (χ1n) is 6.16. The molecule has 0 N–H and O–H groups in total. The fourth-order valence-corrected chi connectivity index (χ4v) is 1.79. The Labute approximate surface area is 108 Å². The molecule has 17 heavy (non-hydrogen) atoms. The maximum absolute atomic E-state index is 12.2. The molecule has 1 unspecified atom stereocenters. The summed E-state index contributed by atoms with van der Waals surface area (Å²) in [5.41, 5.74) is 0. The largest absolute Gasteiger partial charge is 0.440 e. The Morgan fingerprint density at radius 3 is 2.65 bits per heavy atom. The molecule has 0 aliphatic heterocycles. The molecule has 0 fully saturated rings. The zero-order valence-corrected chi connectivity index (χ0v) is 11.5. The molecule has 1 amide bonds. The monoisotopic (exact) mass is 257 g/mol. The van der Waals surface area contributed by atoms with Crippen LogP contribution in [-0.2, 0) is 0 Å². The van der Waals surface area contributed by atoms with Crippen molar-refractivity contribution in [1.82, 2.24) is 4.90 Å². The molecular weight excluding hydrogens is 238 g/mol. The van der Waals surface area contributed by atoms with Crippen molar-refractivity contribution in [3.05, 3.63) is 23.1 Å². The molecule has 0 radical (unpaired) electrons. The number of unbranched alkanes of at least 4 members (excludes halogenated alkanes) is 1. The number of halogens is 1. The molecule has 3 nitrogen and oxygen atoms in total. The number of carbonyl (C=O) groups is 1. The molecule has 0 aromatic carbocycles. The van der Waals surface area contributed by atoms with E-state index in [4.69, 9.17) is 16.0 Å². The molecule has 0 saturated carbocycles. The maximum atomic E-state index is 12.2. The third-order valence-electron chi connectivity index (χ3n) is 2.92. The van der Waals surface area contributed by atoms with E-state index in [9.17, 15) is 4.79 Å². The summed E-state index contributed by atoms with van der Waals surface area (Å²) in [4.78, 5) is 14.1. The average molecular weight is 258 g/mol. The van der Waals surface area contributed by atoms with Gasteiger partial charge in [0.1, 0.15) is 0 Å². The van der Waals surface area contributed by atoms with Crippen LogP contribution in [0.5, 0.6) is 0 Å². The van der Waals surface area contributed by atoms with Crippen molar-refractivity contribution in [2.24, 2.45) is 0 Å². The molecule has 96 valence electrons. The van der Waals surface area contributed by atoms with Crippen molar-refractivity contribution in [2.45, 2.75) is 46.1 Å². The van der Waals surface area contributed by atoms with Crippen LogP contribution in [0.25, 0.3) is 0 Å². The van der Waals surface area contributed by atoms with Gasteiger partial charge in [0.2, 0.25) is 0 Å². The van der Waals surface area contributed by atoms with Gasteiger partial charge in [0.05, 0.1) is 0 Å². The quantitative estimate of drug-likeness (QED) is 0.773. The molecule has 1 aromatic rings. The Morgan fingerprint density at radius 1 is 1.47 bits per heavy atom. The Bertz CT molecular complexity index is 362. The zero-order chi connectivity index (χ0) is 12.8. The first kappa shape index (κ1) is 14.1. The predicted octanol–water partition coefficient (Wildman–Crippen LogP) is 3.97. The van der Waals surface area contributed by atoms with Crippen LogP contribution in [0.15, 0.2) is 16.5 Å². The van der Waals surface area contributed by atoms with E-state index in [0.29, 0.717) is 5.76 Å². The van der Waals surface area contributed by atoms with Crippen molar-refractivity contribution in [3.8, 4) is 0 Å². The van der Waals surface area contributed by atoms with E-state index in [1.54, 1.807) is 12.1 Å². The molecule has 0 bridgehead atoms. The fourth-order valence-electron chi connectivity index (χ4n) is 1.64. The van der Waals surface area contributed by atoms with E-state index in [-0.39, 0.29) is 17.2 Å². The van der Waals surface area contributed by atoms with Crippen LogP contribution in [0.3, 0.4) is 0 Å². The van der Waals surface area contributed by atoms with Gasteiger partial charge in [-0.1, -0.05) is 20.3 Å². The number of rotatable bonds is 6. The van der Waals surface area contributed by atoms with Gasteiger partial charge < -0.3 is 9.32 Å². The second-order valence-electron chi connectivity index (χ2n) is 4.21. The summed E-state index contributed by atoms with van der Waals surface area (Å²) < 4.78 is 5.18. The number of hydrogen-bond donors (Lipinski definition) is 0. The minimum Gasteiger partial charge on any atom is -0.440 e. The Morgan fingerprint density at radius 2 is 2.18 bits per heavy atom. The molecule has 0 saturated heterocycles. The third-order valence-corrected chi connectivity index (χ3v) is 3.12. The second-order valence-corrected chi connectivity index (χ2v) is 4.59. The summed E-state index contributed by atoms with van der Waals surface area (Å²) in [6.07, 6.45) is 3.01. The Kier molecular flexibility index (Phi) is 5.56. The predicted molar refractivity (Wildman–Crippen MR) is 69.4 cm³/mol. The highest BCUT2D eigenvalue weighted by Gasteiger charge is 2.22. The number of carbonyl (C=O) groups excluding carboxylic acids is 1. The normalized spacial score (nSPS) is 12.5. The molecule has 4 heteroatoms. The van der Waals surface area contributed by atoms with Crippen LogP contribution in [0, 0.1) is 0 Å². The summed E-state index contributed by atoms with van der Waals surface area (Å²) in [5.74, 6) is 0.256. The van der Waals surface area contributed by atoms with E-state index >= 15 is 0 Å². The van der Waals surface area contributed by atoms with Gasteiger partial charge in [-0.05, 0) is 43.5 Å². The van der Waals surface area contributed by atoms with Gasteiger partial charge in [-0.25, -0.2) is 0 Å². The summed E-state index contributed by atoms with van der Waals surface area (Å²) in [7, 11) is 0. The van der Waals surface area contributed by atoms with Gasteiger partial charge in [0.15, 0.2) is 11.0 Å². The number of furan rings is 1. The maximum Gasteiger partial charge on any atom is 0.289 e. The lowest BCUT2D eigenvalue weighted by atomic mass is 10.2. The number of amides is 1. The summed E-state index contributed by atoms with van der Waals surface area (Å²) in [6.45, 7) is 7.01. The highest BCUT2D eigenvalue weighted by Crippen LogP contribution is 2.17. The van der Waals surface area contributed by atoms with E-state index in [1.165, 1.54) is 0 Å². The van der Waals surface area contributed by atoms with Crippen molar-refractivity contribution < 1.29 is 9.21 Å². The van der Waals surface area contributed by atoms with E-state index in [2.05, 4.69) is 20.8 Å². The molecule has 1 heterocycles. The molecular formula is C13H20ClNO2. The first-order valence-corrected chi connectivity index (χ1v) is 6.54. The van der Waals surface area contributed by atoms with Crippen molar-refractivity contribution >= 4 is 17.5 Å². The zero-order valence-electron chi connectivity index (χ0n) is 10.7. The molecule has 0 aliphatic rings. The van der Waals surface area contributed by atoms with E-state index < -0.39 is 0 Å². The van der Waals surface area contributed by atoms with Crippen LogP contribution in [0.2, 0.25) is 5.22 Å². The van der Waals surface area contributed by atoms with E-state index in [1.807, 2.05) is 4.90 Å². The van der Waals surface area contributed by atoms with Gasteiger partial charge in [-0.2, -0.15) is 0 Å². The van der Waals surface area contributed by atoms with Crippen LogP contribution in [0.1, 0.15) is 50.6 Å². The minimum atomic E-state index is -0.0697. The summed E-state index contributed by atoms with van der Waals surface area (Å²) in [6, 6.07) is 3.45.